The Hall–Kier alpha value is -1.06. The quantitative estimate of drug-likeness (QED) is 0.412. The van der Waals surface area contributed by atoms with E-state index in [1.165, 1.54) is 0 Å². The van der Waals surface area contributed by atoms with E-state index in [1.807, 2.05) is 0 Å². The summed E-state index contributed by atoms with van der Waals surface area (Å²) in [6.07, 6.45) is -0.103. The second-order valence-corrected chi connectivity index (χ2v) is 1.50. The summed E-state index contributed by atoms with van der Waals surface area (Å²) in [5.41, 5.74) is 4.76. The SMILES string of the molecule is CCOC(=N)CC(N)=O. The minimum absolute atomic E-state index is 0.0648. The van der Waals surface area contributed by atoms with Crippen LogP contribution in [0.5, 0.6) is 0 Å². The summed E-state index contributed by atoms with van der Waals surface area (Å²) >= 11 is 0. The van der Waals surface area contributed by atoms with Crippen LogP contribution in [-0.4, -0.2) is 18.4 Å². The zero-order chi connectivity index (χ0) is 7.28. The van der Waals surface area contributed by atoms with Crippen molar-refractivity contribution in [2.45, 2.75) is 13.3 Å². The van der Waals surface area contributed by atoms with Gasteiger partial charge >= 0.3 is 0 Å². The van der Waals surface area contributed by atoms with Gasteiger partial charge in [-0.1, -0.05) is 0 Å². The lowest BCUT2D eigenvalue weighted by Gasteiger charge is -1.99. The van der Waals surface area contributed by atoms with Crippen LogP contribution in [0.15, 0.2) is 0 Å². The van der Waals surface area contributed by atoms with Crippen molar-refractivity contribution < 1.29 is 9.53 Å². The molecule has 0 aromatic rings. The molecule has 1 amide bonds. The van der Waals surface area contributed by atoms with Gasteiger partial charge in [0.25, 0.3) is 0 Å². The summed E-state index contributed by atoms with van der Waals surface area (Å²) in [5.74, 6) is -0.599. The van der Waals surface area contributed by atoms with Crippen molar-refractivity contribution in [3.8, 4) is 0 Å². The van der Waals surface area contributed by atoms with Gasteiger partial charge in [-0.05, 0) is 6.92 Å². The van der Waals surface area contributed by atoms with E-state index in [1.54, 1.807) is 6.92 Å². The minimum atomic E-state index is -0.534. The van der Waals surface area contributed by atoms with Crippen LogP contribution in [0.1, 0.15) is 13.3 Å². The topological polar surface area (TPSA) is 76.2 Å². The molecule has 0 fully saturated rings. The molecular formula is C5H10N2O2. The van der Waals surface area contributed by atoms with Crippen LogP contribution in [0.2, 0.25) is 0 Å². The third-order valence-corrected chi connectivity index (χ3v) is 0.653. The van der Waals surface area contributed by atoms with Gasteiger partial charge in [0.1, 0.15) is 6.42 Å². The molecule has 4 nitrogen and oxygen atoms in total. The van der Waals surface area contributed by atoms with Gasteiger partial charge in [-0.2, -0.15) is 0 Å². The first-order valence-electron chi connectivity index (χ1n) is 2.65. The van der Waals surface area contributed by atoms with Crippen molar-refractivity contribution in [3.05, 3.63) is 0 Å². The standard InChI is InChI=1S/C5H10N2O2/c1-2-9-5(7)3-4(6)8/h7H,2-3H2,1H3,(H2,6,8). The number of ether oxygens (including phenoxy) is 1. The van der Waals surface area contributed by atoms with Crippen LogP contribution < -0.4 is 5.73 Å². The van der Waals surface area contributed by atoms with Crippen LogP contribution in [0.3, 0.4) is 0 Å². The molecule has 0 bridgehead atoms. The zero-order valence-corrected chi connectivity index (χ0v) is 5.31. The van der Waals surface area contributed by atoms with E-state index in [-0.39, 0.29) is 12.3 Å². The molecule has 0 aliphatic heterocycles. The maximum atomic E-state index is 10.1. The number of carbonyl (C=O) groups is 1. The van der Waals surface area contributed by atoms with Gasteiger partial charge < -0.3 is 10.5 Å². The first kappa shape index (κ1) is 7.94. The molecule has 0 heterocycles. The average molecular weight is 130 g/mol. The molecule has 4 heteroatoms. The van der Waals surface area contributed by atoms with Gasteiger partial charge in [0.15, 0.2) is 5.90 Å². The van der Waals surface area contributed by atoms with Gasteiger partial charge in [0.2, 0.25) is 5.91 Å². The summed E-state index contributed by atoms with van der Waals surface area (Å²) in [6.45, 7) is 2.15. The second kappa shape index (κ2) is 3.88. The van der Waals surface area contributed by atoms with E-state index in [9.17, 15) is 4.79 Å². The lowest BCUT2D eigenvalue weighted by Crippen LogP contribution is -2.17. The Kier molecular flexibility index (Phi) is 3.43. The van der Waals surface area contributed by atoms with Crippen molar-refractivity contribution >= 4 is 11.8 Å². The van der Waals surface area contributed by atoms with Gasteiger partial charge in [0, 0.05) is 0 Å². The Morgan fingerprint density at radius 3 is 2.67 bits per heavy atom. The lowest BCUT2D eigenvalue weighted by molar-refractivity contribution is -0.117. The molecule has 3 N–H and O–H groups in total. The predicted octanol–water partition coefficient (Wildman–Crippen LogP) is -0.124. The average Bonchev–Trinajstić information content (AvgIpc) is 1.63. The molecule has 0 rings (SSSR count). The fourth-order valence-electron chi connectivity index (χ4n) is 0.384. The highest BCUT2D eigenvalue weighted by molar-refractivity contribution is 5.94. The van der Waals surface area contributed by atoms with E-state index in [4.69, 9.17) is 11.1 Å². The van der Waals surface area contributed by atoms with Crippen molar-refractivity contribution in [1.29, 1.82) is 5.41 Å². The fourth-order valence-corrected chi connectivity index (χ4v) is 0.384. The largest absolute Gasteiger partial charge is 0.481 e. The summed E-state index contributed by atoms with van der Waals surface area (Å²) in [7, 11) is 0. The number of hydrogen-bond acceptors (Lipinski definition) is 3. The number of nitrogens with two attached hydrogens (primary N) is 1. The van der Waals surface area contributed by atoms with Gasteiger partial charge in [0.05, 0.1) is 6.61 Å². The Labute approximate surface area is 53.5 Å². The second-order valence-electron chi connectivity index (χ2n) is 1.50. The van der Waals surface area contributed by atoms with E-state index < -0.39 is 5.91 Å². The smallest absolute Gasteiger partial charge is 0.226 e. The van der Waals surface area contributed by atoms with Crippen LogP contribution in [-0.2, 0) is 9.53 Å². The summed E-state index contributed by atoms with van der Waals surface area (Å²) in [4.78, 5) is 10.1. The first-order chi connectivity index (χ1) is 4.16. The Balaban J connectivity index is 3.39. The number of nitrogens with one attached hydrogen (secondary N) is 1. The van der Waals surface area contributed by atoms with E-state index >= 15 is 0 Å². The molecule has 0 unspecified atom stereocenters. The summed E-state index contributed by atoms with van der Waals surface area (Å²) in [6, 6.07) is 0. The molecule has 0 saturated carbocycles. The first-order valence-corrected chi connectivity index (χ1v) is 2.65. The molecule has 52 valence electrons. The molecule has 0 radical (unpaired) electrons. The van der Waals surface area contributed by atoms with Crippen molar-refractivity contribution in [2.24, 2.45) is 5.73 Å². The van der Waals surface area contributed by atoms with Gasteiger partial charge in [-0.3, -0.25) is 10.2 Å². The Morgan fingerprint density at radius 2 is 2.33 bits per heavy atom. The third-order valence-electron chi connectivity index (χ3n) is 0.653. The highest BCUT2D eigenvalue weighted by Gasteiger charge is 1.99. The molecule has 0 aliphatic carbocycles. The molecule has 0 saturated heterocycles. The van der Waals surface area contributed by atoms with Crippen LogP contribution in [0.25, 0.3) is 0 Å². The lowest BCUT2D eigenvalue weighted by atomic mass is 10.4. The Bertz CT molecular complexity index is 122. The van der Waals surface area contributed by atoms with E-state index in [0.717, 1.165) is 0 Å². The van der Waals surface area contributed by atoms with Crippen LogP contribution in [0, 0.1) is 5.41 Å². The van der Waals surface area contributed by atoms with Crippen molar-refractivity contribution in [2.75, 3.05) is 6.61 Å². The molecule has 0 aliphatic rings. The van der Waals surface area contributed by atoms with E-state index in [2.05, 4.69) is 4.74 Å². The number of rotatable bonds is 3. The monoisotopic (exact) mass is 130 g/mol. The van der Waals surface area contributed by atoms with Gasteiger partial charge in [-0.25, -0.2) is 0 Å². The van der Waals surface area contributed by atoms with Crippen LogP contribution >= 0.6 is 0 Å². The molecule has 0 aromatic carbocycles. The molecule has 0 aromatic heterocycles. The summed E-state index contributed by atoms with van der Waals surface area (Å²) in [5, 5.41) is 6.90. The zero-order valence-electron chi connectivity index (χ0n) is 5.31. The molecule has 0 atom stereocenters. The third kappa shape index (κ3) is 4.80. The fraction of sp³-hybridized carbons (Fsp3) is 0.600. The minimum Gasteiger partial charge on any atom is -0.481 e. The van der Waals surface area contributed by atoms with Crippen molar-refractivity contribution in [3.63, 3.8) is 0 Å². The number of amides is 1. The highest BCUT2D eigenvalue weighted by atomic mass is 16.5. The maximum absolute atomic E-state index is 10.1. The Morgan fingerprint density at radius 1 is 1.78 bits per heavy atom. The number of primary amides is 1. The highest BCUT2D eigenvalue weighted by Crippen LogP contribution is 1.83. The molecule has 0 spiro atoms. The normalized spacial score (nSPS) is 8.56. The van der Waals surface area contributed by atoms with E-state index in [0.29, 0.717) is 6.61 Å². The van der Waals surface area contributed by atoms with Crippen molar-refractivity contribution in [1.82, 2.24) is 0 Å². The molecule has 9 heavy (non-hydrogen) atoms. The maximum Gasteiger partial charge on any atom is 0.226 e. The van der Waals surface area contributed by atoms with Gasteiger partial charge in [-0.15, -0.1) is 0 Å². The molecular weight excluding hydrogens is 120 g/mol. The van der Waals surface area contributed by atoms with Crippen LogP contribution in [0.4, 0.5) is 0 Å². The predicted molar refractivity (Wildman–Crippen MR) is 33.2 cm³/mol. The summed E-state index contributed by atoms with van der Waals surface area (Å²) < 4.78 is 4.64. The number of carbonyl (C=O) groups excluding carboxylic acids is 1. The number of hydrogen-bond donors (Lipinski definition) is 2.